The zero-order valence-electron chi connectivity index (χ0n) is 68.8. The van der Waals surface area contributed by atoms with Gasteiger partial charge in [-0.2, -0.15) is 0 Å². The van der Waals surface area contributed by atoms with Crippen LogP contribution >= 0.6 is 0 Å². The second-order valence-corrected chi connectivity index (χ2v) is 29.2. The third kappa shape index (κ3) is 39.1. The fourth-order valence-electron chi connectivity index (χ4n) is 11.5. The summed E-state index contributed by atoms with van der Waals surface area (Å²) in [4.78, 5) is 218. The largest absolute Gasteiger partial charge is 0.480 e. The van der Waals surface area contributed by atoms with Crippen molar-refractivity contribution >= 4 is 112 Å². The molecule has 2 rings (SSSR count). The van der Waals surface area contributed by atoms with Crippen molar-refractivity contribution in [3.63, 3.8) is 0 Å². The average Bonchev–Trinajstić information content (AvgIpc) is 0.840. The summed E-state index contributed by atoms with van der Waals surface area (Å²) in [7, 11) is 0. The number of guanidine groups is 3. The lowest BCUT2D eigenvalue weighted by Gasteiger charge is -2.30. The van der Waals surface area contributed by atoms with Gasteiger partial charge in [-0.15, -0.1) is 0 Å². The van der Waals surface area contributed by atoms with E-state index in [9.17, 15) is 112 Å². The highest BCUT2D eigenvalue weighted by Gasteiger charge is 2.40. The monoisotopic (exact) mass is 1730 g/mol. The van der Waals surface area contributed by atoms with E-state index >= 15 is 0 Å². The van der Waals surface area contributed by atoms with Crippen LogP contribution in [0.25, 0.3) is 0 Å². The molecule has 0 aromatic heterocycles. The Balaban J connectivity index is 2.32. The Morgan fingerprint density at radius 2 is 0.623 bits per heavy atom. The molecule has 0 unspecified atom stereocenters. The number of nitrogens with one attached hydrogen (secondary N) is 20. The maximum absolute atomic E-state index is 14.5. The first-order valence-corrected chi connectivity index (χ1v) is 39.0. The van der Waals surface area contributed by atoms with E-state index < -0.39 is 254 Å². The Hall–Kier alpha value is -12.5. The summed E-state index contributed by atoms with van der Waals surface area (Å²) in [5.74, 6) is -21.2. The third-order valence-corrected chi connectivity index (χ3v) is 18.3. The summed E-state index contributed by atoms with van der Waals surface area (Å²) in [5.41, 5.74) is 28.7. The zero-order chi connectivity index (χ0) is 92.2. The Kier molecular flexibility index (Phi) is 47.3. The standard InChI is InChI=1S/C74H121N25O23/c1-35(2)53(66(116)89-45(24-25-51(76)106)59(109)86-31-52(107)87-43(21-14-26-83-72(77)78)60(110)90-46(71(121)122)23-16-28-85-74(81)82)95-62(112)47(30-41-19-12-9-13-20-41)91-68(118)56(38(6)104)99-70(120)57(39(7)105)98-65(115)50(34-102)94-69(119)55(37(5)103)97-64(114)49(33-101)93-67(117)54(36(3)4)96-63(113)48(32-100)92-61(111)44(22-15-27-84-73(79)80)88-58(108)42(75)29-40-17-10-8-11-18-40/h8-13,17-20,35-39,42-50,53-57,100-105H,14-16,21-34,75H2,1-7H3,(H2,76,106)(H,86,109)(H,87,107)(H,88,108)(H,89,116)(H,90,110)(H,91,118)(H,92,111)(H,93,117)(H,94,119)(H,95,112)(H,96,113)(H,97,114)(H,98,115)(H,99,120)(H,121,122)(H4,77,78,83)(H4,79,80,84)(H4,81,82,85)/t37-,38-,39-,42+,43+,44+,45+,46+,47+,48+,49+,50+,53+,54+,55+,56+,57+/m1/s1. The molecule has 2 aromatic rings. The minimum Gasteiger partial charge on any atom is -0.480 e. The lowest BCUT2D eigenvalue weighted by Crippen LogP contribution is -2.64. The number of carbonyl (C=O) groups is 16. The maximum Gasteiger partial charge on any atom is 0.326 e. The third-order valence-electron chi connectivity index (χ3n) is 18.3. The highest BCUT2D eigenvalue weighted by molar-refractivity contribution is 6.01. The van der Waals surface area contributed by atoms with Crippen molar-refractivity contribution in [2.24, 2.45) is 40.5 Å². The second-order valence-electron chi connectivity index (χ2n) is 29.2. The minimum atomic E-state index is -2.11. The molecule has 0 spiro atoms. The van der Waals surface area contributed by atoms with Crippen LogP contribution in [0.2, 0.25) is 0 Å². The van der Waals surface area contributed by atoms with Crippen LogP contribution in [0.4, 0.5) is 0 Å². The molecule has 48 nitrogen and oxygen atoms in total. The Bertz CT molecular complexity index is 3860. The molecule has 122 heavy (non-hydrogen) atoms. The van der Waals surface area contributed by atoms with Gasteiger partial charge in [0.25, 0.3) is 0 Å². The minimum absolute atomic E-state index is 0.0426. The van der Waals surface area contributed by atoms with Crippen molar-refractivity contribution in [2.45, 2.75) is 216 Å². The van der Waals surface area contributed by atoms with Crippen LogP contribution in [0.5, 0.6) is 0 Å². The molecule has 0 saturated heterocycles. The number of hydrogen-bond acceptors (Lipinski definition) is 26. The number of aliphatic hydroxyl groups is 6. The summed E-state index contributed by atoms with van der Waals surface area (Å²) >= 11 is 0. The molecule has 0 aliphatic rings. The smallest absolute Gasteiger partial charge is 0.326 e. The normalized spacial score (nSPS) is 15.2. The number of nitrogens with two attached hydrogens (primary N) is 5. The van der Waals surface area contributed by atoms with Crippen molar-refractivity contribution in [3.05, 3.63) is 71.8 Å². The van der Waals surface area contributed by atoms with Gasteiger partial charge in [-0.05, 0) is 95.1 Å². The van der Waals surface area contributed by atoms with E-state index in [1.165, 1.54) is 27.7 Å². The van der Waals surface area contributed by atoms with Crippen LogP contribution in [-0.2, 0) is 89.6 Å². The fraction of sp³-hybridized carbons (Fsp3) is 0.581. The number of carbonyl (C=O) groups excluding carboxylic acids is 15. The molecule has 0 saturated carbocycles. The van der Waals surface area contributed by atoms with Crippen molar-refractivity contribution in [2.75, 3.05) is 46.0 Å². The highest BCUT2D eigenvalue weighted by atomic mass is 16.4. The number of hydrogen-bond donors (Lipinski definition) is 32. The van der Waals surface area contributed by atoms with E-state index in [1.807, 2.05) is 0 Å². The van der Waals surface area contributed by atoms with Gasteiger partial charge >= 0.3 is 5.97 Å². The van der Waals surface area contributed by atoms with E-state index in [0.717, 1.165) is 20.8 Å². The number of carboxylic acid groups (broad SMARTS) is 1. The number of aliphatic carboxylic acids is 1. The summed E-state index contributed by atoms with van der Waals surface area (Å²) in [5, 5.41) is 136. The molecule has 0 heterocycles. The lowest BCUT2D eigenvalue weighted by atomic mass is 9.99. The predicted octanol–water partition coefficient (Wildman–Crippen LogP) is -12.2. The van der Waals surface area contributed by atoms with Gasteiger partial charge in [0.05, 0.1) is 50.7 Å². The lowest BCUT2D eigenvalue weighted by molar-refractivity contribution is -0.142. The molecule has 0 aliphatic carbocycles. The number of benzene rings is 2. The number of rotatable bonds is 56. The topological polar surface area (TPSA) is 821 Å². The zero-order valence-corrected chi connectivity index (χ0v) is 68.8. The van der Waals surface area contributed by atoms with E-state index in [1.54, 1.807) is 60.7 Å². The molecule has 37 N–H and O–H groups in total. The first-order valence-electron chi connectivity index (χ1n) is 39.0. The van der Waals surface area contributed by atoms with Gasteiger partial charge in [-0.25, -0.2) is 4.79 Å². The molecule has 0 fully saturated rings. The number of primary amides is 1. The number of aliphatic hydroxyl groups excluding tert-OH is 6. The van der Waals surface area contributed by atoms with Gasteiger partial charge in [0.2, 0.25) is 88.6 Å². The molecule has 15 amide bonds. The maximum atomic E-state index is 14.5. The molecule has 0 bridgehead atoms. The number of carboxylic acids is 1. The van der Waals surface area contributed by atoms with Crippen LogP contribution < -0.4 is 119 Å². The summed E-state index contributed by atoms with van der Waals surface area (Å²) < 4.78 is 0. The van der Waals surface area contributed by atoms with Gasteiger partial charge in [-0.1, -0.05) is 88.4 Å². The van der Waals surface area contributed by atoms with E-state index in [0.29, 0.717) is 11.1 Å². The molecule has 0 aliphatic heterocycles. The Morgan fingerprint density at radius 1 is 0.336 bits per heavy atom. The first kappa shape index (κ1) is 106. The Morgan fingerprint density at radius 3 is 0.984 bits per heavy atom. The van der Waals surface area contributed by atoms with Gasteiger partial charge in [0, 0.05) is 32.5 Å². The average molecular weight is 1730 g/mol. The van der Waals surface area contributed by atoms with Crippen LogP contribution in [0.1, 0.15) is 111 Å². The second kappa shape index (κ2) is 54.6. The van der Waals surface area contributed by atoms with Gasteiger partial charge in [-0.3, -0.25) is 88.1 Å². The molecule has 17 atom stereocenters. The number of amides is 15. The van der Waals surface area contributed by atoms with Crippen molar-refractivity contribution in [3.8, 4) is 0 Å². The summed E-state index contributed by atoms with van der Waals surface area (Å²) in [6, 6.07) is -7.41. The predicted molar refractivity (Wildman–Crippen MR) is 436 cm³/mol. The molecular weight excluding hydrogens is 1610 g/mol. The van der Waals surface area contributed by atoms with Crippen LogP contribution in [0.3, 0.4) is 0 Å². The van der Waals surface area contributed by atoms with Crippen LogP contribution in [0.15, 0.2) is 60.7 Å². The van der Waals surface area contributed by atoms with Crippen molar-refractivity contribution < 1.29 is 112 Å². The van der Waals surface area contributed by atoms with E-state index in [2.05, 4.69) is 90.4 Å². The molecule has 2 aromatic carbocycles. The van der Waals surface area contributed by atoms with Crippen molar-refractivity contribution in [1.29, 1.82) is 16.2 Å². The highest BCUT2D eigenvalue weighted by Crippen LogP contribution is 2.13. The summed E-state index contributed by atoms with van der Waals surface area (Å²) in [6.07, 6.45) is -6.87. The van der Waals surface area contributed by atoms with Crippen LogP contribution in [0, 0.1) is 28.1 Å². The van der Waals surface area contributed by atoms with Gasteiger partial charge < -0.3 is 155 Å². The van der Waals surface area contributed by atoms with E-state index in [-0.39, 0.29) is 82.9 Å². The van der Waals surface area contributed by atoms with Crippen LogP contribution in [-0.4, -0.2) is 297 Å². The molecule has 680 valence electrons. The summed E-state index contributed by atoms with van der Waals surface area (Å²) in [6.45, 7) is 4.64. The Labute approximate surface area is 702 Å². The first-order chi connectivity index (χ1) is 57.3. The molecule has 0 radical (unpaired) electrons. The van der Waals surface area contributed by atoms with Crippen molar-refractivity contribution in [1.82, 2.24) is 90.4 Å². The quantitative estimate of drug-likeness (QED) is 0.0166. The fourth-order valence-corrected chi connectivity index (χ4v) is 11.5. The van der Waals surface area contributed by atoms with E-state index in [4.69, 9.17) is 44.9 Å². The molecule has 48 heteroatoms. The SMILES string of the molecule is CC(C)[C@H](NC(=O)[C@H](Cc1ccccc1)NC(=O)[C@@H](NC(=O)[C@@H](NC(=O)[C@H](CO)NC(=O)[C@@H](NC(=O)[C@H](CO)NC(=O)[C@@H](NC(=O)[C@H](CO)NC(=O)[C@H](CCCNC(=N)N)NC(=O)[C@@H](N)Cc1ccccc1)C(C)C)[C@@H](C)O)[C@@H](C)O)[C@@H](C)O)C(=O)N[C@@H](CCC(N)=O)C(=O)NCC(=O)N[C@@H](CCCNC(=N)N)C(=O)N[C@@H](CCCNC(=N)N)C(=O)O. The van der Waals surface area contributed by atoms with Gasteiger partial charge in [0.15, 0.2) is 17.9 Å². The van der Waals surface area contributed by atoms with Gasteiger partial charge in [0.1, 0.15) is 78.5 Å². The molecular formula is C74H121N25O23.